The molecule has 3 rings (SSSR count). The second kappa shape index (κ2) is 8.45. The second-order valence-electron chi connectivity index (χ2n) is 5.89. The minimum Gasteiger partial charge on any atom is -0.455 e. The summed E-state index contributed by atoms with van der Waals surface area (Å²) < 4.78 is 11.6. The van der Waals surface area contributed by atoms with E-state index in [2.05, 4.69) is 15.0 Å². The summed E-state index contributed by atoms with van der Waals surface area (Å²) in [6.45, 7) is 1.90. The van der Waals surface area contributed by atoms with Crippen molar-refractivity contribution in [1.82, 2.24) is 15.0 Å². The maximum absolute atomic E-state index is 13.3. The summed E-state index contributed by atoms with van der Waals surface area (Å²) in [7, 11) is 0. The van der Waals surface area contributed by atoms with Crippen molar-refractivity contribution < 1.29 is 14.3 Å². The van der Waals surface area contributed by atoms with Crippen LogP contribution in [0.15, 0.2) is 60.7 Å². The minimum absolute atomic E-state index is 0.0410. The van der Waals surface area contributed by atoms with Crippen LogP contribution in [0.1, 0.15) is 23.9 Å². The molecule has 1 heterocycles. The molecule has 4 N–H and O–H groups in total. The first-order valence-corrected chi connectivity index (χ1v) is 8.74. The molecule has 8 nitrogen and oxygen atoms in total. The number of aromatic nitrogens is 3. The highest BCUT2D eigenvalue weighted by molar-refractivity contribution is 5.85. The van der Waals surface area contributed by atoms with Crippen molar-refractivity contribution in [3.05, 3.63) is 77.6 Å². The number of nitrogens with zero attached hydrogens (tertiary/aromatic N) is 3. The maximum atomic E-state index is 13.3. The Kier molecular flexibility index (Phi) is 5.81. The molecular formula is C20H21N5O3. The molecule has 3 aromatic rings. The average molecular weight is 379 g/mol. The van der Waals surface area contributed by atoms with Crippen LogP contribution in [0.4, 0.5) is 11.9 Å². The Morgan fingerprint density at radius 1 is 0.893 bits per heavy atom. The van der Waals surface area contributed by atoms with Crippen LogP contribution in [0, 0.1) is 0 Å². The van der Waals surface area contributed by atoms with Crippen LogP contribution in [0.25, 0.3) is 0 Å². The van der Waals surface area contributed by atoms with Gasteiger partial charge in [-0.3, -0.25) is 0 Å². The van der Waals surface area contributed by atoms with Crippen molar-refractivity contribution in [1.29, 1.82) is 0 Å². The van der Waals surface area contributed by atoms with Gasteiger partial charge < -0.3 is 20.9 Å². The minimum atomic E-state index is -1.43. The summed E-state index contributed by atoms with van der Waals surface area (Å²) >= 11 is 0. The van der Waals surface area contributed by atoms with E-state index in [1.165, 1.54) is 0 Å². The van der Waals surface area contributed by atoms with Crippen LogP contribution < -0.4 is 11.5 Å². The largest absolute Gasteiger partial charge is 0.455 e. The third-order valence-corrected chi connectivity index (χ3v) is 4.06. The number of nitrogens with two attached hydrogens (primary N) is 2. The zero-order valence-electron chi connectivity index (χ0n) is 15.4. The second-order valence-corrected chi connectivity index (χ2v) is 5.89. The topological polar surface area (TPSA) is 126 Å². The SMILES string of the molecule is CCOC(C(=O)OCc1nc(N)nc(N)n1)(c1ccccc1)c1ccccc1. The van der Waals surface area contributed by atoms with Gasteiger partial charge in [0.2, 0.25) is 17.5 Å². The smallest absolute Gasteiger partial charge is 0.348 e. The third kappa shape index (κ3) is 3.91. The molecule has 0 spiro atoms. The van der Waals surface area contributed by atoms with Crippen LogP contribution in [-0.2, 0) is 26.5 Å². The molecular weight excluding hydrogens is 358 g/mol. The van der Waals surface area contributed by atoms with Gasteiger partial charge in [-0.2, -0.15) is 15.0 Å². The number of hydrogen-bond acceptors (Lipinski definition) is 8. The van der Waals surface area contributed by atoms with Gasteiger partial charge in [-0.15, -0.1) is 0 Å². The molecule has 144 valence electrons. The van der Waals surface area contributed by atoms with E-state index < -0.39 is 11.6 Å². The fourth-order valence-corrected chi connectivity index (χ4v) is 2.94. The number of carbonyl (C=O) groups is 1. The zero-order valence-corrected chi connectivity index (χ0v) is 15.4. The summed E-state index contributed by atoms with van der Waals surface area (Å²) in [5, 5.41) is 0. The van der Waals surface area contributed by atoms with Crippen molar-refractivity contribution in [2.45, 2.75) is 19.1 Å². The first-order valence-electron chi connectivity index (χ1n) is 8.74. The molecule has 0 aliphatic heterocycles. The van der Waals surface area contributed by atoms with Crippen LogP contribution in [0.3, 0.4) is 0 Å². The number of benzene rings is 2. The zero-order chi connectivity index (χ0) is 20.0. The number of carbonyl (C=O) groups excluding carboxylic acids is 1. The molecule has 0 aliphatic rings. The van der Waals surface area contributed by atoms with Crippen LogP contribution in [-0.4, -0.2) is 27.5 Å². The molecule has 0 bridgehead atoms. The van der Waals surface area contributed by atoms with E-state index >= 15 is 0 Å². The molecule has 1 aromatic heterocycles. The number of nitrogen functional groups attached to an aromatic ring is 2. The monoisotopic (exact) mass is 379 g/mol. The van der Waals surface area contributed by atoms with Crippen LogP contribution >= 0.6 is 0 Å². The van der Waals surface area contributed by atoms with Gasteiger partial charge in [0.05, 0.1) is 0 Å². The summed E-state index contributed by atoms with van der Waals surface area (Å²) in [5.41, 5.74) is 11.0. The van der Waals surface area contributed by atoms with Crippen molar-refractivity contribution in [3.8, 4) is 0 Å². The fourth-order valence-electron chi connectivity index (χ4n) is 2.94. The first kappa shape index (κ1) is 19.2. The van der Waals surface area contributed by atoms with E-state index in [9.17, 15) is 4.79 Å². The summed E-state index contributed by atoms with van der Waals surface area (Å²) in [6, 6.07) is 18.4. The molecule has 0 radical (unpaired) electrons. The van der Waals surface area contributed by atoms with Crippen molar-refractivity contribution in [3.63, 3.8) is 0 Å². The van der Waals surface area contributed by atoms with Crippen molar-refractivity contribution in [2.75, 3.05) is 18.1 Å². The molecule has 2 aromatic carbocycles. The Balaban J connectivity index is 1.99. The molecule has 0 saturated carbocycles. The van der Waals surface area contributed by atoms with Gasteiger partial charge in [-0.05, 0) is 18.1 Å². The Labute approximate surface area is 162 Å². The number of esters is 1. The average Bonchev–Trinajstić information content (AvgIpc) is 2.71. The summed E-state index contributed by atoms with van der Waals surface area (Å²) in [6.07, 6.45) is 0. The molecule has 0 saturated heterocycles. The highest BCUT2D eigenvalue weighted by Crippen LogP contribution is 2.35. The maximum Gasteiger partial charge on any atom is 0.348 e. The number of anilines is 2. The van der Waals surface area contributed by atoms with Gasteiger partial charge in [-0.25, -0.2) is 4.79 Å². The molecule has 0 atom stereocenters. The quantitative estimate of drug-likeness (QED) is 0.597. The normalized spacial score (nSPS) is 11.2. The van der Waals surface area contributed by atoms with Gasteiger partial charge in [0.1, 0.15) is 0 Å². The highest BCUT2D eigenvalue weighted by Gasteiger charge is 2.44. The Morgan fingerprint density at radius 2 is 1.39 bits per heavy atom. The fraction of sp³-hybridized carbons (Fsp3) is 0.200. The standard InChI is InChI=1S/C20H21N5O3/c1-2-28-20(14-9-5-3-6-10-14,15-11-7-4-8-12-15)17(26)27-13-16-23-18(21)25-19(22)24-16/h3-12H,2,13H2,1H3,(H4,21,22,23,24,25). The van der Waals surface area contributed by atoms with Gasteiger partial charge in [0.25, 0.3) is 0 Å². The highest BCUT2D eigenvalue weighted by atomic mass is 16.6. The van der Waals surface area contributed by atoms with Gasteiger partial charge in [-0.1, -0.05) is 60.7 Å². The predicted octanol–water partition coefficient (Wildman–Crippen LogP) is 2.06. The van der Waals surface area contributed by atoms with E-state index in [1.807, 2.05) is 67.6 Å². The van der Waals surface area contributed by atoms with Crippen LogP contribution in [0.2, 0.25) is 0 Å². The van der Waals surface area contributed by atoms with E-state index in [0.717, 1.165) is 0 Å². The van der Waals surface area contributed by atoms with Gasteiger partial charge in [0.15, 0.2) is 12.4 Å². The number of hydrogen-bond donors (Lipinski definition) is 2. The lowest BCUT2D eigenvalue weighted by atomic mass is 9.86. The lowest BCUT2D eigenvalue weighted by molar-refractivity contribution is -0.170. The van der Waals surface area contributed by atoms with Crippen LogP contribution in [0.5, 0.6) is 0 Å². The van der Waals surface area contributed by atoms with Crippen molar-refractivity contribution >= 4 is 17.9 Å². The first-order chi connectivity index (χ1) is 13.6. The predicted molar refractivity (Wildman–Crippen MR) is 104 cm³/mol. The lowest BCUT2D eigenvalue weighted by Crippen LogP contribution is -2.41. The van der Waals surface area contributed by atoms with E-state index in [-0.39, 0.29) is 24.3 Å². The van der Waals surface area contributed by atoms with Gasteiger partial charge >= 0.3 is 5.97 Å². The molecule has 0 amide bonds. The molecule has 0 aliphatic carbocycles. The molecule has 0 unspecified atom stereocenters. The molecule has 28 heavy (non-hydrogen) atoms. The third-order valence-electron chi connectivity index (χ3n) is 4.06. The summed E-state index contributed by atoms with van der Waals surface area (Å²) in [4.78, 5) is 24.9. The Hall–Kier alpha value is -3.52. The van der Waals surface area contributed by atoms with Crippen molar-refractivity contribution in [2.24, 2.45) is 0 Å². The molecule has 0 fully saturated rings. The van der Waals surface area contributed by atoms with Gasteiger partial charge in [0, 0.05) is 6.61 Å². The lowest BCUT2D eigenvalue weighted by Gasteiger charge is -2.32. The summed E-state index contributed by atoms with van der Waals surface area (Å²) in [5.74, 6) is -0.518. The van der Waals surface area contributed by atoms with E-state index in [0.29, 0.717) is 17.7 Å². The number of rotatable bonds is 7. The van der Waals surface area contributed by atoms with E-state index in [1.54, 1.807) is 0 Å². The number of ether oxygens (including phenoxy) is 2. The Bertz CT molecular complexity index is 875. The Morgan fingerprint density at radius 3 is 1.86 bits per heavy atom. The molecule has 8 heteroatoms. The van der Waals surface area contributed by atoms with E-state index in [4.69, 9.17) is 20.9 Å².